The zero-order valence-electron chi connectivity index (χ0n) is 13.8. The highest BCUT2D eigenvalue weighted by molar-refractivity contribution is 5.77. The Morgan fingerprint density at radius 3 is 2.88 bits per heavy atom. The number of nitrogens with one attached hydrogen (secondary N) is 1. The van der Waals surface area contributed by atoms with E-state index in [1.54, 1.807) is 6.20 Å². The number of benzene rings is 1. The van der Waals surface area contributed by atoms with Crippen LogP contribution >= 0.6 is 0 Å². The number of carbonyl (C=O) groups is 1. The number of nitrogens with zero attached hydrogens (tertiary/aromatic N) is 1. The van der Waals surface area contributed by atoms with Gasteiger partial charge in [0, 0.05) is 37.4 Å². The van der Waals surface area contributed by atoms with E-state index in [1.807, 2.05) is 24.3 Å². The fraction of sp³-hybridized carbons (Fsp3) is 0.400. The largest absolute Gasteiger partial charge is 0.396 e. The maximum absolute atomic E-state index is 12.3. The highest BCUT2D eigenvalue weighted by Crippen LogP contribution is 2.35. The quantitative estimate of drug-likeness (QED) is 0.822. The fourth-order valence-corrected chi connectivity index (χ4v) is 3.43. The molecular formula is C20H24N2O2. The second-order valence-electron chi connectivity index (χ2n) is 6.52. The van der Waals surface area contributed by atoms with Gasteiger partial charge in [-0.1, -0.05) is 30.3 Å². The van der Waals surface area contributed by atoms with E-state index in [4.69, 9.17) is 0 Å². The number of carbonyl (C=O) groups excluding carboxylic acids is 1. The van der Waals surface area contributed by atoms with Crippen LogP contribution in [0, 0.1) is 5.92 Å². The molecule has 0 fully saturated rings. The second-order valence-corrected chi connectivity index (χ2v) is 6.52. The van der Waals surface area contributed by atoms with Gasteiger partial charge in [-0.15, -0.1) is 0 Å². The van der Waals surface area contributed by atoms with E-state index in [-0.39, 0.29) is 18.4 Å². The molecule has 2 unspecified atom stereocenters. The molecule has 1 aliphatic rings. The SMILES string of the molecule is O=C(CC1CCc2ccccc21)NCC(CO)Cc1ccccn1. The van der Waals surface area contributed by atoms with Gasteiger partial charge in [-0.3, -0.25) is 9.78 Å². The van der Waals surface area contributed by atoms with Gasteiger partial charge in [0.15, 0.2) is 0 Å². The van der Waals surface area contributed by atoms with Crippen molar-refractivity contribution in [2.75, 3.05) is 13.2 Å². The highest BCUT2D eigenvalue weighted by Gasteiger charge is 2.24. The van der Waals surface area contributed by atoms with E-state index in [1.165, 1.54) is 11.1 Å². The molecule has 0 saturated carbocycles. The van der Waals surface area contributed by atoms with Crippen LogP contribution in [0.25, 0.3) is 0 Å². The number of rotatable bonds is 7. The third-order valence-corrected chi connectivity index (χ3v) is 4.76. The number of aryl methyl sites for hydroxylation is 1. The molecule has 0 aliphatic heterocycles. The average Bonchev–Trinajstić information content (AvgIpc) is 3.02. The standard InChI is InChI=1S/C20H24N2O2/c23-14-15(11-18-6-3-4-10-21-18)13-22-20(24)12-17-9-8-16-5-1-2-7-19(16)17/h1-7,10,15,17,23H,8-9,11-14H2,(H,22,24). The molecule has 1 amide bonds. The summed E-state index contributed by atoms with van der Waals surface area (Å²) in [6.07, 6.45) is 5.06. The van der Waals surface area contributed by atoms with Crippen LogP contribution in [0.15, 0.2) is 48.7 Å². The lowest BCUT2D eigenvalue weighted by Gasteiger charge is -2.16. The molecule has 0 spiro atoms. The molecule has 2 aromatic rings. The predicted octanol–water partition coefficient (Wildman–Crippen LogP) is 2.47. The maximum Gasteiger partial charge on any atom is 0.220 e. The number of amides is 1. The first-order valence-electron chi connectivity index (χ1n) is 8.61. The monoisotopic (exact) mass is 324 g/mol. The van der Waals surface area contributed by atoms with Crippen LogP contribution in [-0.2, 0) is 17.6 Å². The van der Waals surface area contributed by atoms with E-state index in [0.29, 0.717) is 25.3 Å². The average molecular weight is 324 g/mol. The first kappa shape index (κ1) is 16.7. The summed E-state index contributed by atoms with van der Waals surface area (Å²) < 4.78 is 0. The molecule has 2 atom stereocenters. The van der Waals surface area contributed by atoms with Gasteiger partial charge in [0.25, 0.3) is 0 Å². The lowest BCUT2D eigenvalue weighted by atomic mass is 9.97. The molecule has 0 radical (unpaired) electrons. The van der Waals surface area contributed by atoms with Crippen LogP contribution in [-0.4, -0.2) is 29.1 Å². The second kappa shape index (κ2) is 8.06. The van der Waals surface area contributed by atoms with Crippen molar-refractivity contribution in [1.82, 2.24) is 10.3 Å². The lowest BCUT2D eigenvalue weighted by molar-refractivity contribution is -0.121. The summed E-state index contributed by atoms with van der Waals surface area (Å²) in [5.74, 6) is 0.389. The molecular weight excluding hydrogens is 300 g/mol. The Morgan fingerprint density at radius 1 is 1.25 bits per heavy atom. The molecule has 24 heavy (non-hydrogen) atoms. The van der Waals surface area contributed by atoms with Gasteiger partial charge >= 0.3 is 0 Å². The van der Waals surface area contributed by atoms with Crippen molar-refractivity contribution < 1.29 is 9.90 Å². The molecule has 126 valence electrons. The van der Waals surface area contributed by atoms with E-state index >= 15 is 0 Å². The van der Waals surface area contributed by atoms with Crippen LogP contribution in [0.4, 0.5) is 0 Å². The molecule has 0 saturated heterocycles. The van der Waals surface area contributed by atoms with Crippen molar-refractivity contribution in [1.29, 1.82) is 0 Å². The molecule has 1 heterocycles. The Hall–Kier alpha value is -2.20. The Bertz CT molecular complexity index is 672. The number of hydrogen-bond acceptors (Lipinski definition) is 3. The summed E-state index contributed by atoms with van der Waals surface area (Å²) in [7, 11) is 0. The van der Waals surface area contributed by atoms with Crippen molar-refractivity contribution in [3.63, 3.8) is 0 Å². The van der Waals surface area contributed by atoms with Crippen molar-refractivity contribution in [2.24, 2.45) is 5.92 Å². The van der Waals surface area contributed by atoms with Crippen molar-refractivity contribution in [3.8, 4) is 0 Å². The molecule has 1 aromatic heterocycles. The number of hydrogen-bond donors (Lipinski definition) is 2. The minimum absolute atomic E-state index is 0.000265. The molecule has 4 heteroatoms. The van der Waals surface area contributed by atoms with Gasteiger partial charge < -0.3 is 10.4 Å². The molecule has 1 aliphatic carbocycles. The van der Waals surface area contributed by atoms with Crippen LogP contribution in [0.1, 0.15) is 35.6 Å². The van der Waals surface area contributed by atoms with E-state index < -0.39 is 0 Å². The molecule has 3 rings (SSSR count). The van der Waals surface area contributed by atoms with E-state index in [0.717, 1.165) is 18.5 Å². The predicted molar refractivity (Wildman–Crippen MR) is 93.6 cm³/mol. The zero-order valence-corrected chi connectivity index (χ0v) is 13.8. The number of pyridine rings is 1. The Balaban J connectivity index is 1.48. The highest BCUT2D eigenvalue weighted by atomic mass is 16.3. The van der Waals surface area contributed by atoms with Crippen molar-refractivity contribution in [3.05, 3.63) is 65.5 Å². The number of aliphatic hydroxyl groups is 1. The fourth-order valence-electron chi connectivity index (χ4n) is 3.43. The maximum atomic E-state index is 12.3. The summed E-state index contributed by atoms with van der Waals surface area (Å²) in [6, 6.07) is 14.2. The molecule has 4 nitrogen and oxygen atoms in total. The van der Waals surface area contributed by atoms with Gasteiger partial charge in [-0.2, -0.15) is 0 Å². The number of aromatic nitrogens is 1. The van der Waals surface area contributed by atoms with Gasteiger partial charge in [-0.05, 0) is 48.4 Å². The Kier molecular flexibility index (Phi) is 5.59. The topological polar surface area (TPSA) is 62.2 Å². The summed E-state index contributed by atoms with van der Waals surface area (Å²) in [4.78, 5) is 16.6. The molecule has 2 N–H and O–H groups in total. The van der Waals surface area contributed by atoms with Crippen LogP contribution in [0.2, 0.25) is 0 Å². The minimum atomic E-state index is -0.000265. The lowest BCUT2D eigenvalue weighted by Crippen LogP contribution is -2.32. The third kappa shape index (κ3) is 4.20. The van der Waals surface area contributed by atoms with Crippen LogP contribution in [0.5, 0.6) is 0 Å². The van der Waals surface area contributed by atoms with Gasteiger partial charge in [0.05, 0.1) is 0 Å². The number of fused-ring (bicyclic) bond motifs is 1. The normalized spacial score (nSPS) is 17.3. The summed E-state index contributed by atoms with van der Waals surface area (Å²) in [5, 5.41) is 12.5. The Labute approximate surface area is 142 Å². The first-order chi connectivity index (χ1) is 11.8. The molecule has 0 bridgehead atoms. The third-order valence-electron chi connectivity index (χ3n) is 4.76. The van der Waals surface area contributed by atoms with Crippen molar-refractivity contribution in [2.45, 2.75) is 31.6 Å². The Morgan fingerprint density at radius 2 is 2.08 bits per heavy atom. The van der Waals surface area contributed by atoms with E-state index in [9.17, 15) is 9.90 Å². The van der Waals surface area contributed by atoms with E-state index in [2.05, 4.69) is 28.5 Å². The van der Waals surface area contributed by atoms with Crippen molar-refractivity contribution >= 4 is 5.91 Å². The summed E-state index contributed by atoms with van der Waals surface area (Å²) in [6.45, 7) is 0.531. The summed E-state index contributed by atoms with van der Waals surface area (Å²) in [5.41, 5.74) is 3.63. The van der Waals surface area contributed by atoms with Crippen LogP contribution in [0.3, 0.4) is 0 Å². The number of aliphatic hydroxyl groups excluding tert-OH is 1. The van der Waals surface area contributed by atoms with Gasteiger partial charge in [0.1, 0.15) is 0 Å². The minimum Gasteiger partial charge on any atom is -0.396 e. The van der Waals surface area contributed by atoms with Gasteiger partial charge in [0.2, 0.25) is 5.91 Å². The zero-order chi connectivity index (χ0) is 16.8. The smallest absolute Gasteiger partial charge is 0.220 e. The first-order valence-corrected chi connectivity index (χ1v) is 8.61. The van der Waals surface area contributed by atoms with Gasteiger partial charge in [-0.25, -0.2) is 0 Å². The summed E-state index contributed by atoms with van der Waals surface area (Å²) >= 11 is 0. The van der Waals surface area contributed by atoms with Crippen LogP contribution < -0.4 is 5.32 Å². The molecule has 1 aromatic carbocycles.